The second-order valence-electron chi connectivity index (χ2n) is 4.45. The fourth-order valence-electron chi connectivity index (χ4n) is 2.23. The molecule has 0 aromatic heterocycles. The maximum absolute atomic E-state index is 5.35. The van der Waals surface area contributed by atoms with E-state index in [9.17, 15) is 0 Å². The Kier molecular flexibility index (Phi) is 3.54. The highest BCUT2D eigenvalue weighted by Crippen LogP contribution is 2.40. The van der Waals surface area contributed by atoms with E-state index >= 15 is 0 Å². The number of hydrogen-bond donors (Lipinski definition) is 1. The fourth-order valence-corrected chi connectivity index (χ4v) is 2.59. The molecule has 1 aromatic rings. The molecular formula is C13H18O3S. The number of rotatable bonds is 4. The van der Waals surface area contributed by atoms with Crippen molar-refractivity contribution >= 4 is 12.6 Å². The minimum Gasteiger partial charge on any atom is -0.493 e. The van der Waals surface area contributed by atoms with E-state index in [-0.39, 0.29) is 5.41 Å². The van der Waals surface area contributed by atoms with Gasteiger partial charge >= 0.3 is 0 Å². The Morgan fingerprint density at radius 2 is 1.82 bits per heavy atom. The maximum Gasteiger partial charge on any atom is 0.161 e. The van der Waals surface area contributed by atoms with Crippen LogP contribution >= 0.6 is 12.6 Å². The standard InChI is InChI=1S/C13H18O3S/c1-9-4-11(14-2)12(15-3)5-10(9)13(8-17)6-16-7-13/h4-5,17H,6-8H2,1-3H3. The van der Waals surface area contributed by atoms with E-state index < -0.39 is 0 Å². The minimum atomic E-state index is 0.0345. The van der Waals surface area contributed by atoms with Gasteiger partial charge < -0.3 is 14.2 Å². The van der Waals surface area contributed by atoms with Gasteiger partial charge in [0.1, 0.15) is 0 Å². The van der Waals surface area contributed by atoms with E-state index in [0.29, 0.717) is 0 Å². The van der Waals surface area contributed by atoms with E-state index in [1.807, 2.05) is 12.1 Å². The number of hydrogen-bond acceptors (Lipinski definition) is 4. The van der Waals surface area contributed by atoms with Crippen molar-refractivity contribution in [1.29, 1.82) is 0 Å². The molecule has 0 amide bonds. The summed E-state index contributed by atoms with van der Waals surface area (Å²) < 4.78 is 16.0. The first-order chi connectivity index (χ1) is 8.16. The van der Waals surface area contributed by atoms with Crippen molar-refractivity contribution in [2.45, 2.75) is 12.3 Å². The SMILES string of the molecule is COc1cc(C)c(C2(CS)COC2)cc1OC. The molecule has 94 valence electrons. The third-order valence-corrected chi connectivity index (χ3v) is 3.97. The predicted molar refractivity (Wildman–Crippen MR) is 70.6 cm³/mol. The van der Waals surface area contributed by atoms with Crippen molar-refractivity contribution in [2.24, 2.45) is 0 Å². The molecule has 3 nitrogen and oxygen atoms in total. The lowest BCUT2D eigenvalue weighted by Gasteiger charge is -2.42. The molecule has 0 spiro atoms. The molecule has 17 heavy (non-hydrogen) atoms. The van der Waals surface area contributed by atoms with Crippen molar-refractivity contribution in [1.82, 2.24) is 0 Å². The summed E-state index contributed by atoms with van der Waals surface area (Å²) in [6, 6.07) is 4.06. The van der Waals surface area contributed by atoms with Gasteiger partial charge in [-0.25, -0.2) is 0 Å². The van der Waals surface area contributed by atoms with Gasteiger partial charge in [-0.1, -0.05) is 0 Å². The Morgan fingerprint density at radius 3 is 2.24 bits per heavy atom. The summed E-state index contributed by atoms with van der Waals surface area (Å²) in [4.78, 5) is 0. The highest BCUT2D eigenvalue weighted by atomic mass is 32.1. The van der Waals surface area contributed by atoms with Crippen LogP contribution in [0.2, 0.25) is 0 Å². The van der Waals surface area contributed by atoms with Crippen LogP contribution in [-0.4, -0.2) is 33.2 Å². The molecule has 1 aliphatic heterocycles. The maximum atomic E-state index is 5.35. The zero-order chi connectivity index (χ0) is 12.5. The molecule has 0 unspecified atom stereocenters. The van der Waals surface area contributed by atoms with Gasteiger partial charge in [-0.3, -0.25) is 0 Å². The molecule has 1 aliphatic rings. The Labute approximate surface area is 107 Å². The second kappa shape index (κ2) is 4.78. The molecule has 0 N–H and O–H groups in total. The highest BCUT2D eigenvalue weighted by molar-refractivity contribution is 7.80. The highest BCUT2D eigenvalue weighted by Gasteiger charge is 2.40. The molecule has 1 saturated heterocycles. The van der Waals surface area contributed by atoms with Crippen LogP contribution in [-0.2, 0) is 10.2 Å². The zero-order valence-electron chi connectivity index (χ0n) is 10.4. The van der Waals surface area contributed by atoms with E-state index in [2.05, 4.69) is 19.6 Å². The lowest BCUT2D eigenvalue weighted by Crippen LogP contribution is -2.48. The summed E-state index contributed by atoms with van der Waals surface area (Å²) in [5, 5.41) is 0. The monoisotopic (exact) mass is 254 g/mol. The first kappa shape index (κ1) is 12.6. The zero-order valence-corrected chi connectivity index (χ0v) is 11.3. The van der Waals surface area contributed by atoms with Gasteiger partial charge in [0.25, 0.3) is 0 Å². The normalized spacial score (nSPS) is 17.4. The number of methoxy groups -OCH3 is 2. The third kappa shape index (κ3) is 2.00. The van der Waals surface area contributed by atoms with Gasteiger partial charge in [0, 0.05) is 5.75 Å². The topological polar surface area (TPSA) is 27.7 Å². The number of aryl methyl sites for hydroxylation is 1. The summed E-state index contributed by atoms with van der Waals surface area (Å²) in [6.07, 6.45) is 0. The molecule has 0 aliphatic carbocycles. The summed E-state index contributed by atoms with van der Waals surface area (Å²) >= 11 is 4.45. The minimum absolute atomic E-state index is 0.0345. The van der Waals surface area contributed by atoms with Gasteiger partial charge in [0.05, 0.1) is 32.8 Å². The van der Waals surface area contributed by atoms with E-state index in [1.54, 1.807) is 14.2 Å². The molecule has 1 fully saturated rings. The second-order valence-corrected chi connectivity index (χ2v) is 4.77. The average Bonchev–Trinajstić information content (AvgIpc) is 2.29. The number of thiol groups is 1. The molecule has 0 bridgehead atoms. The summed E-state index contributed by atoms with van der Waals surface area (Å²) in [7, 11) is 3.30. The van der Waals surface area contributed by atoms with Crippen LogP contribution in [0, 0.1) is 6.92 Å². The number of ether oxygens (including phenoxy) is 3. The summed E-state index contributed by atoms with van der Waals surface area (Å²) in [5.74, 6) is 2.31. The van der Waals surface area contributed by atoms with Crippen LogP contribution in [0.1, 0.15) is 11.1 Å². The molecule has 0 radical (unpaired) electrons. The van der Waals surface area contributed by atoms with Crippen LogP contribution in [0.3, 0.4) is 0 Å². The van der Waals surface area contributed by atoms with Crippen LogP contribution in [0.15, 0.2) is 12.1 Å². The molecule has 0 atom stereocenters. The van der Waals surface area contributed by atoms with Gasteiger partial charge in [-0.2, -0.15) is 12.6 Å². The first-order valence-corrected chi connectivity index (χ1v) is 6.22. The van der Waals surface area contributed by atoms with Gasteiger partial charge in [0.2, 0.25) is 0 Å². The Balaban J connectivity index is 2.47. The van der Waals surface area contributed by atoms with Crippen LogP contribution in [0.5, 0.6) is 11.5 Å². The third-order valence-electron chi connectivity index (χ3n) is 3.36. The quantitative estimate of drug-likeness (QED) is 0.835. The van der Waals surface area contributed by atoms with Crippen molar-refractivity contribution in [3.05, 3.63) is 23.3 Å². The lowest BCUT2D eigenvalue weighted by atomic mass is 9.78. The molecule has 2 rings (SSSR count). The Hall–Kier alpha value is -0.870. The van der Waals surface area contributed by atoms with Crippen LogP contribution in [0.4, 0.5) is 0 Å². The molecule has 4 heteroatoms. The van der Waals surface area contributed by atoms with Crippen molar-refractivity contribution in [3.63, 3.8) is 0 Å². The Morgan fingerprint density at radius 1 is 1.24 bits per heavy atom. The summed E-state index contributed by atoms with van der Waals surface area (Å²) in [5.41, 5.74) is 2.48. The molecule has 1 heterocycles. The predicted octanol–water partition coefficient (Wildman–Crippen LogP) is 2.21. The van der Waals surface area contributed by atoms with E-state index in [1.165, 1.54) is 11.1 Å². The lowest BCUT2D eigenvalue weighted by molar-refractivity contribution is -0.0474. The van der Waals surface area contributed by atoms with E-state index in [4.69, 9.17) is 14.2 Å². The van der Waals surface area contributed by atoms with Crippen LogP contribution < -0.4 is 9.47 Å². The first-order valence-electron chi connectivity index (χ1n) is 5.58. The van der Waals surface area contributed by atoms with Crippen molar-refractivity contribution < 1.29 is 14.2 Å². The molecule has 0 saturated carbocycles. The van der Waals surface area contributed by atoms with Gasteiger partial charge in [0.15, 0.2) is 11.5 Å². The van der Waals surface area contributed by atoms with E-state index in [0.717, 1.165) is 30.5 Å². The van der Waals surface area contributed by atoms with Crippen molar-refractivity contribution in [2.75, 3.05) is 33.2 Å². The largest absolute Gasteiger partial charge is 0.493 e. The van der Waals surface area contributed by atoms with Gasteiger partial charge in [-0.15, -0.1) is 0 Å². The molecule has 1 aromatic carbocycles. The molecular weight excluding hydrogens is 236 g/mol. The van der Waals surface area contributed by atoms with Gasteiger partial charge in [-0.05, 0) is 30.2 Å². The van der Waals surface area contributed by atoms with Crippen molar-refractivity contribution in [3.8, 4) is 11.5 Å². The average molecular weight is 254 g/mol. The Bertz CT molecular complexity index is 408. The van der Waals surface area contributed by atoms with Crippen LogP contribution in [0.25, 0.3) is 0 Å². The summed E-state index contributed by atoms with van der Waals surface area (Å²) in [6.45, 7) is 3.54. The smallest absolute Gasteiger partial charge is 0.161 e. The number of benzene rings is 1. The fraction of sp³-hybridized carbons (Fsp3) is 0.538.